The number of esters is 1. The van der Waals surface area contributed by atoms with Crippen molar-refractivity contribution in [1.29, 1.82) is 5.26 Å². The predicted octanol–water partition coefficient (Wildman–Crippen LogP) is 1.86. The van der Waals surface area contributed by atoms with E-state index in [1.807, 2.05) is 6.07 Å². The molecule has 0 spiro atoms. The highest BCUT2D eigenvalue weighted by Gasteiger charge is 2.31. The first-order valence-electron chi connectivity index (χ1n) is 6.58. The second kappa shape index (κ2) is 6.22. The lowest BCUT2D eigenvalue weighted by Gasteiger charge is -2.32. The van der Waals surface area contributed by atoms with E-state index >= 15 is 0 Å². The number of methoxy groups -OCH3 is 1. The van der Waals surface area contributed by atoms with Crippen molar-refractivity contribution in [3.05, 3.63) is 33.9 Å². The fourth-order valence-electron chi connectivity index (χ4n) is 2.62. The second-order valence-electron chi connectivity index (χ2n) is 4.85. The summed E-state index contributed by atoms with van der Waals surface area (Å²) >= 11 is 0. The second-order valence-corrected chi connectivity index (χ2v) is 4.85. The zero-order valence-corrected chi connectivity index (χ0v) is 11.6. The maximum absolute atomic E-state index is 11.7. The molecule has 1 atom stereocenters. The van der Waals surface area contributed by atoms with E-state index in [4.69, 9.17) is 10.00 Å². The van der Waals surface area contributed by atoms with Crippen LogP contribution >= 0.6 is 0 Å². The molecule has 7 nitrogen and oxygen atoms in total. The van der Waals surface area contributed by atoms with Gasteiger partial charge in [0.15, 0.2) is 0 Å². The first-order chi connectivity index (χ1) is 10.1. The highest BCUT2D eigenvalue weighted by atomic mass is 16.6. The van der Waals surface area contributed by atoms with E-state index in [2.05, 4.69) is 0 Å². The Labute approximate surface area is 121 Å². The van der Waals surface area contributed by atoms with Crippen molar-refractivity contribution in [2.75, 3.05) is 25.1 Å². The molecule has 0 N–H and O–H groups in total. The molecule has 2 rings (SSSR count). The van der Waals surface area contributed by atoms with Crippen LogP contribution in [0.25, 0.3) is 0 Å². The van der Waals surface area contributed by atoms with Gasteiger partial charge >= 0.3 is 11.7 Å². The molecule has 1 fully saturated rings. The molecule has 1 aliphatic rings. The Bertz CT molecular complexity index is 609. The lowest BCUT2D eigenvalue weighted by atomic mass is 9.97. The Morgan fingerprint density at radius 3 is 2.95 bits per heavy atom. The van der Waals surface area contributed by atoms with Crippen LogP contribution in [0.3, 0.4) is 0 Å². The number of nitrogens with zero attached hydrogens (tertiary/aromatic N) is 3. The minimum absolute atomic E-state index is 0.0256. The number of piperidine rings is 1. The van der Waals surface area contributed by atoms with Crippen molar-refractivity contribution < 1.29 is 14.5 Å². The van der Waals surface area contributed by atoms with Crippen LogP contribution in [0.15, 0.2) is 18.2 Å². The summed E-state index contributed by atoms with van der Waals surface area (Å²) in [7, 11) is 1.33. The first-order valence-corrected chi connectivity index (χ1v) is 6.58. The van der Waals surface area contributed by atoms with E-state index in [1.165, 1.54) is 13.2 Å². The number of hydrogen-bond donors (Lipinski definition) is 0. The molecule has 7 heteroatoms. The van der Waals surface area contributed by atoms with Gasteiger partial charge in [-0.15, -0.1) is 0 Å². The fourth-order valence-corrected chi connectivity index (χ4v) is 2.62. The molecule has 1 aromatic carbocycles. The molecule has 0 radical (unpaired) electrons. The summed E-state index contributed by atoms with van der Waals surface area (Å²) in [6, 6.07) is 6.49. The molecule has 1 heterocycles. The number of carbonyl (C=O) groups is 1. The molecule has 21 heavy (non-hydrogen) atoms. The van der Waals surface area contributed by atoms with Gasteiger partial charge in [0, 0.05) is 13.1 Å². The van der Waals surface area contributed by atoms with Crippen molar-refractivity contribution in [3.8, 4) is 6.07 Å². The van der Waals surface area contributed by atoms with Gasteiger partial charge in [0.25, 0.3) is 0 Å². The SMILES string of the molecule is COC(=O)C1CCCN(c2cccc(C#N)c2[N+](=O)[O-])C1. The van der Waals surface area contributed by atoms with E-state index in [1.54, 1.807) is 17.0 Å². The van der Waals surface area contributed by atoms with Gasteiger partial charge in [0.1, 0.15) is 17.3 Å². The smallest absolute Gasteiger partial charge is 0.310 e. The van der Waals surface area contributed by atoms with Gasteiger partial charge in [-0.25, -0.2) is 0 Å². The third kappa shape index (κ3) is 2.94. The number of ether oxygens (including phenoxy) is 1. The predicted molar refractivity (Wildman–Crippen MR) is 74.8 cm³/mol. The highest BCUT2D eigenvalue weighted by Crippen LogP contribution is 2.34. The van der Waals surface area contributed by atoms with Crippen molar-refractivity contribution in [2.45, 2.75) is 12.8 Å². The summed E-state index contributed by atoms with van der Waals surface area (Å²) < 4.78 is 4.74. The Balaban J connectivity index is 2.36. The minimum Gasteiger partial charge on any atom is -0.469 e. The Hall–Kier alpha value is -2.62. The van der Waals surface area contributed by atoms with Gasteiger partial charge in [-0.05, 0) is 25.0 Å². The molecular weight excluding hydrogens is 274 g/mol. The summed E-state index contributed by atoms with van der Waals surface area (Å²) in [5.74, 6) is -0.604. The summed E-state index contributed by atoms with van der Waals surface area (Å²) in [6.45, 7) is 0.978. The Morgan fingerprint density at radius 1 is 1.57 bits per heavy atom. The molecule has 0 aromatic heterocycles. The van der Waals surface area contributed by atoms with Gasteiger partial charge in [-0.3, -0.25) is 14.9 Å². The van der Waals surface area contributed by atoms with Crippen molar-refractivity contribution >= 4 is 17.3 Å². The molecule has 0 aliphatic carbocycles. The van der Waals surface area contributed by atoms with Crippen LogP contribution in [0.4, 0.5) is 11.4 Å². The van der Waals surface area contributed by atoms with Crippen LogP contribution in [0, 0.1) is 27.4 Å². The van der Waals surface area contributed by atoms with Crippen molar-refractivity contribution in [3.63, 3.8) is 0 Å². The zero-order chi connectivity index (χ0) is 15.4. The number of anilines is 1. The standard InChI is InChI=1S/C14H15N3O4/c1-21-14(18)11-5-3-7-16(9-11)12-6-2-4-10(8-15)13(12)17(19)20/h2,4,6,11H,3,5,7,9H2,1H3. The largest absolute Gasteiger partial charge is 0.469 e. The first kappa shape index (κ1) is 14.8. The average molecular weight is 289 g/mol. The van der Waals surface area contributed by atoms with Gasteiger partial charge in [0.05, 0.1) is 18.0 Å². The van der Waals surface area contributed by atoms with E-state index in [9.17, 15) is 14.9 Å². The van der Waals surface area contributed by atoms with Crippen molar-refractivity contribution in [2.24, 2.45) is 5.92 Å². The number of benzene rings is 1. The molecule has 1 unspecified atom stereocenters. The minimum atomic E-state index is -0.546. The van der Waals surface area contributed by atoms with E-state index < -0.39 is 4.92 Å². The van der Waals surface area contributed by atoms with Crippen LogP contribution in [-0.4, -0.2) is 31.1 Å². The highest BCUT2D eigenvalue weighted by molar-refractivity contribution is 5.75. The molecule has 110 valence electrons. The fraction of sp³-hybridized carbons (Fsp3) is 0.429. The lowest BCUT2D eigenvalue weighted by molar-refractivity contribution is -0.384. The molecular formula is C14H15N3O4. The monoisotopic (exact) mass is 289 g/mol. The van der Waals surface area contributed by atoms with Crippen LogP contribution in [0.5, 0.6) is 0 Å². The maximum Gasteiger partial charge on any atom is 0.310 e. The lowest BCUT2D eigenvalue weighted by Crippen LogP contribution is -2.39. The van der Waals surface area contributed by atoms with Crippen LogP contribution < -0.4 is 4.90 Å². The van der Waals surface area contributed by atoms with E-state index in [0.29, 0.717) is 25.2 Å². The number of nitro groups is 1. The quantitative estimate of drug-likeness (QED) is 0.478. The van der Waals surface area contributed by atoms with Crippen LogP contribution in [0.2, 0.25) is 0 Å². The summed E-state index contributed by atoms with van der Waals surface area (Å²) in [5.41, 5.74) is 0.205. The Morgan fingerprint density at radius 2 is 2.33 bits per heavy atom. The van der Waals surface area contributed by atoms with Crippen molar-refractivity contribution in [1.82, 2.24) is 0 Å². The van der Waals surface area contributed by atoms with E-state index in [0.717, 1.165) is 6.42 Å². The number of hydrogen-bond acceptors (Lipinski definition) is 6. The topological polar surface area (TPSA) is 96.5 Å². The number of nitriles is 1. The average Bonchev–Trinajstić information content (AvgIpc) is 2.53. The van der Waals surface area contributed by atoms with E-state index in [-0.39, 0.29) is 23.1 Å². The van der Waals surface area contributed by atoms with Crippen LogP contribution in [-0.2, 0) is 9.53 Å². The number of para-hydroxylation sites is 1. The maximum atomic E-state index is 11.7. The van der Waals surface area contributed by atoms with Gasteiger partial charge in [0.2, 0.25) is 0 Å². The number of nitro benzene ring substituents is 1. The molecule has 0 amide bonds. The summed E-state index contributed by atoms with van der Waals surface area (Å²) in [4.78, 5) is 24.1. The summed E-state index contributed by atoms with van der Waals surface area (Å²) in [5, 5.41) is 20.3. The molecule has 0 bridgehead atoms. The normalized spacial score (nSPS) is 17.9. The van der Waals surface area contributed by atoms with Gasteiger partial charge < -0.3 is 9.64 Å². The van der Waals surface area contributed by atoms with Crippen LogP contribution in [0.1, 0.15) is 18.4 Å². The summed E-state index contributed by atoms with van der Waals surface area (Å²) in [6.07, 6.45) is 1.45. The molecule has 0 saturated carbocycles. The van der Waals surface area contributed by atoms with Gasteiger partial charge in [-0.2, -0.15) is 5.26 Å². The molecule has 1 saturated heterocycles. The zero-order valence-electron chi connectivity index (χ0n) is 11.6. The third-order valence-corrected chi connectivity index (χ3v) is 3.61. The molecule has 1 aliphatic heterocycles. The van der Waals surface area contributed by atoms with Gasteiger partial charge in [-0.1, -0.05) is 6.07 Å². The number of rotatable bonds is 3. The Kier molecular flexibility index (Phi) is 4.38. The molecule has 1 aromatic rings. The number of carbonyl (C=O) groups excluding carboxylic acids is 1. The third-order valence-electron chi connectivity index (χ3n) is 3.61.